The van der Waals surface area contributed by atoms with Crippen LogP contribution in [-0.4, -0.2) is 19.5 Å². The minimum absolute atomic E-state index is 0.682. The van der Waals surface area contributed by atoms with E-state index >= 15 is 0 Å². The third-order valence-corrected chi connectivity index (χ3v) is 2.75. The summed E-state index contributed by atoms with van der Waals surface area (Å²) < 4.78 is 11.4. The molecule has 0 atom stereocenters. The zero-order chi connectivity index (χ0) is 9.73. The van der Waals surface area contributed by atoms with Gasteiger partial charge in [-0.25, -0.2) is 0 Å². The molecule has 13 heavy (non-hydrogen) atoms. The highest BCUT2D eigenvalue weighted by atomic mass is 31.2. The number of benzene rings is 1. The van der Waals surface area contributed by atoms with Crippen molar-refractivity contribution < 1.29 is 4.57 Å². The van der Waals surface area contributed by atoms with Gasteiger partial charge in [0.15, 0.2) is 0 Å². The fraction of sp³-hybridized carbons (Fsp3) is 0.273. The summed E-state index contributed by atoms with van der Waals surface area (Å²) in [5, 5.41) is 0. The molecule has 0 aromatic heterocycles. The third kappa shape index (κ3) is 4.69. The average Bonchev–Trinajstić information content (AvgIpc) is 2.04. The molecule has 1 aromatic carbocycles. The zero-order valence-corrected chi connectivity index (χ0v) is 9.00. The predicted octanol–water partition coefficient (Wildman–Crippen LogP) is 3.32. The van der Waals surface area contributed by atoms with Crippen molar-refractivity contribution >= 4 is 13.2 Å². The van der Waals surface area contributed by atoms with E-state index in [0.29, 0.717) is 6.16 Å². The second kappa shape index (κ2) is 4.43. The molecule has 1 aromatic rings. The summed E-state index contributed by atoms with van der Waals surface area (Å²) in [6, 6.07) is 10.1. The number of hydrogen-bond acceptors (Lipinski definition) is 1. The molecule has 0 aliphatic carbocycles. The van der Waals surface area contributed by atoms with Crippen molar-refractivity contribution in [1.82, 2.24) is 0 Å². The highest BCUT2D eigenvalue weighted by Gasteiger charge is 2.01. The van der Waals surface area contributed by atoms with Crippen LogP contribution in [0.4, 0.5) is 0 Å². The first-order valence-corrected chi connectivity index (χ1v) is 7.12. The number of allylic oxidation sites excluding steroid dienone is 1. The minimum Gasteiger partial charge on any atom is -0.324 e. The predicted molar refractivity (Wildman–Crippen MR) is 59.8 cm³/mol. The molecule has 0 fully saturated rings. The monoisotopic (exact) mass is 194 g/mol. The molecule has 70 valence electrons. The summed E-state index contributed by atoms with van der Waals surface area (Å²) in [4.78, 5) is 0. The molecule has 0 saturated carbocycles. The lowest BCUT2D eigenvalue weighted by Gasteiger charge is -1.99. The van der Waals surface area contributed by atoms with Crippen LogP contribution in [0.3, 0.4) is 0 Å². The molecule has 1 nitrogen and oxygen atoms in total. The lowest BCUT2D eigenvalue weighted by atomic mass is 10.2. The first-order valence-electron chi connectivity index (χ1n) is 4.33. The molecule has 0 radical (unpaired) electrons. The highest BCUT2D eigenvalue weighted by Crippen LogP contribution is 2.35. The van der Waals surface area contributed by atoms with Crippen LogP contribution < -0.4 is 0 Å². The van der Waals surface area contributed by atoms with Gasteiger partial charge in [-0.3, -0.25) is 0 Å². The lowest BCUT2D eigenvalue weighted by molar-refractivity contribution is 0.584. The van der Waals surface area contributed by atoms with Crippen LogP contribution in [0.15, 0.2) is 36.4 Å². The Balaban J connectivity index is 2.56. The van der Waals surface area contributed by atoms with Gasteiger partial charge in [-0.15, -0.1) is 0 Å². The van der Waals surface area contributed by atoms with Gasteiger partial charge < -0.3 is 4.57 Å². The van der Waals surface area contributed by atoms with E-state index in [2.05, 4.69) is 0 Å². The molecule has 0 bridgehead atoms. The van der Waals surface area contributed by atoms with Gasteiger partial charge in [-0.2, -0.15) is 0 Å². The van der Waals surface area contributed by atoms with Gasteiger partial charge in [0.2, 0.25) is 0 Å². The molecule has 0 unspecified atom stereocenters. The first-order chi connectivity index (χ1) is 6.08. The molecule has 0 aliphatic heterocycles. The normalized spacial score (nSPS) is 12.2. The molecule has 0 amide bonds. The molecular formula is C11H15OP. The van der Waals surface area contributed by atoms with E-state index in [4.69, 9.17) is 0 Å². The molecule has 0 heterocycles. The van der Waals surface area contributed by atoms with Crippen molar-refractivity contribution in [3.05, 3.63) is 42.0 Å². The van der Waals surface area contributed by atoms with Crippen molar-refractivity contribution in [2.45, 2.75) is 0 Å². The van der Waals surface area contributed by atoms with E-state index < -0.39 is 7.14 Å². The van der Waals surface area contributed by atoms with Crippen LogP contribution >= 0.6 is 7.14 Å². The van der Waals surface area contributed by atoms with Crippen LogP contribution in [-0.2, 0) is 4.57 Å². The van der Waals surface area contributed by atoms with E-state index in [1.54, 1.807) is 0 Å². The van der Waals surface area contributed by atoms with Gasteiger partial charge in [0.25, 0.3) is 0 Å². The summed E-state index contributed by atoms with van der Waals surface area (Å²) in [5.74, 6) is 0. The summed E-state index contributed by atoms with van der Waals surface area (Å²) >= 11 is 0. The van der Waals surface area contributed by atoms with Crippen molar-refractivity contribution in [2.75, 3.05) is 19.5 Å². The Bertz CT molecular complexity index is 321. The molecule has 0 N–H and O–H groups in total. The van der Waals surface area contributed by atoms with Crippen LogP contribution in [0, 0.1) is 0 Å². The summed E-state index contributed by atoms with van der Waals surface area (Å²) in [7, 11) is -1.89. The topological polar surface area (TPSA) is 17.1 Å². The second-order valence-electron chi connectivity index (χ2n) is 3.57. The Morgan fingerprint density at radius 2 is 1.85 bits per heavy atom. The van der Waals surface area contributed by atoms with E-state index in [1.165, 1.54) is 0 Å². The largest absolute Gasteiger partial charge is 0.324 e. The summed E-state index contributed by atoms with van der Waals surface area (Å²) in [6.07, 6.45) is 4.68. The Kier molecular flexibility index (Phi) is 3.50. The van der Waals surface area contributed by atoms with E-state index in [0.717, 1.165) is 5.56 Å². The summed E-state index contributed by atoms with van der Waals surface area (Å²) in [6.45, 7) is 3.62. The van der Waals surface area contributed by atoms with E-state index in [1.807, 2.05) is 55.8 Å². The van der Waals surface area contributed by atoms with Crippen molar-refractivity contribution in [1.29, 1.82) is 0 Å². The average molecular weight is 194 g/mol. The van der Waals surface area contributed by atoms with Crippen LogP contribution in [0.25, 0.3) is 6.08 Å². The number of rotatable bonds is 3. The smallest absolute Gasteiger partial charge is 0.0855 e. The third-order valence-electron chi connectivity index (χ3n) is 1.65. The quantitative estimate of drug-likeness (QED) is 0.674. The molecule has 1 rings (SSSR count). The molecule has 0 aliphatic rings. The van der Waals surface area contributed by atoms with Crippen molar-refractivity contribution in [2.24, 2.45) is 0 Å². The number of hydrogen-bond donors (Lipinski definition) is 0. The maximum atomic E-state index is 11.4. The van der Waals surface area contributed by atoms with E-state index in [9.17, 15) is 4.57 Å². The molecule has 2 heteroatoms. The minimum atomic E-state index is -1.89. The Labute approximate surface area is 79.9 Å². The van der Waals surface area contributed by atoms with E-state index in [-0.39, 0.29) is 0 Å². The maximum Gasteiger partial charge on any atom is 0.0855 e. The fourth-order valence-electron chi connectivity index (χ4n) is 1.01. The molecular weight excluding hydrogens is 179 g/mol. The SMILES string of the molecule is CP(C)(=O)CC=Cc1ccccc1. The Morgan fingerprint density at radius 1 is 1.23 bits per heavy atom. The van der Waals surface area contributed by atoms with Crippen molar-refractivity contribution in [3.63, 3.8) is 0 Å². The second-order valence-corrected chi connectivity index (χ2v) is 7.08. The summed E-state index contributed by atoms with van der Waals surface area (Å²) in [5.41, 5.74) is 1.16. The maximum absolute atomic E-state index is 11.4. The van der Waals surface area contributed by atoms with Gasteiger partial charge in [0.1, 0.15) is 0 Å². The van der Waals surface area contributed by atoms with Crippen molar-refractivity contribution in [3.8, 4) is 0 Å². The van der Waals surface area contributed by atoms with Gasteiger partial charge in [-0.05, 0) is 18.9 Å². The Morgan fingerprint density at radius 3 is 2.38 bits per heavy atom. The standard InChI is InChI=1S/C11H15OP/c1-13(2,12)10-6-9-11-7-4-3-5-8-11/h3-9H,10H2,1-2H3. The molecule has 0 saturated heterocycles. The lowest BCUT2D eigenvalue weighted by Crippen LogP contribution is -1.79. The molecule has 0 spiro atoms. The zero-order valence-electron chi connectivity index (χ0n) is 8.10. The Hall–Kier alpha value is -0.810. The highest BCUT2D eigenvalue weighted by molar-refractivity contribution is 7.62. The van der Waals surface area contributed by atoms with Gasteiger partial charge in [0, 0.05) is 6.16 Å². The van der Waals surface area contributed by atoms with Gasteiger partial charge >= 0.3 is 0 Å². The van der Waals surface area contributed by atoms with Gasteiger partial charge in [-0.1, -0.05) is 42.5 Å². The fourth-order valence-corrected chi connectivity index (χ4v) is 1.62. The van der Waals surface area contributed by atoms with Crippen LogP contribution in [0.1, 0.15) is 5.56 Å². The first kappa shape index (κ1) is 10.3. The van der Waals surface area contributed by atoms with Gasteiger partial charge in [0.05, 0.1) is 7.14 Å². The van der Waals surface area contributed by atoms with Crippen LogP contribution in [0.5, 0.6) is 0 Å². The van der Waals surface area contributed by atoms with Crippen LogP contribution in [0.2, 0.25) is 0 Å².